The fraction of sp³-hybridized carbons (Fsp3) is 0.417. The zero-order chi connectivity index (χ0) is 25.0. The molecule has 1 aromatic carbocycles. The summed E-state index contributed by atoms with van der Waals surface area (Å²) in [5.74, 6) is 0.492. The Morgan fingerprint density at radius 1 is 1.11 bits per heavy atom. The van der Waals surface area contributed by atoms with Crippen molar-refractivity contribution in [3.63, 3.8) is 0 Å². The maximum Gasteiger partial charge on any atom is 0.289 e. The van der Waals surface area contributed by atoms with Gasteiger partial charge in [0.1, 0.15) is 4.88 Å². The molecule has 0 bridgehead atoms. The van der Waals surface area contributed by atoms with E-state index in [1.807, 2.05) is 12.1 Å². The number of carbonyl (C=O) groups excluding carboxylic acids is 2. The van der Waals surface area contributed by atoms with Crippen molar-refractivity contribution in [3.8, 4) is 5.75 Å². The van der Waals surface area contributed by atoms with Crippen LogP contribution in [-0.2, 0) is 9.84 Å². The van der Waals surface area contributed by atoms with Gasteiger partial charge in [0, 0.05) is 43.2 Å². The second-order valence-corrected chi connectivity index (χ2v) is 12.5. The van der Waals surface area contributed by atoms with E-state index in [0.717, 1.165) is 42.2 Å². The van der Waals surface area contributed by atoms with E-state index in [4.69, 9.17) is 20.8 Å². The maximum absolute atomic E-state index is 13.1. The number of rotatable bonds is 4. The third-order valence-electron chi connectivity index (χ3n) is 7.07. The molecule has 2 fully saturated rings. The van der Waals surface area contributed by atoms with Gasteiger partial charge < -0.3 is 19.0 Å². The molecule has 3 aromatic rings. The van der Waals surface area contributed by atoms with Crippen molar-refractivity contribution in [3.05, 3.63) is 45.3 Å². The van der Waals surface area contributed by atoms with Crippen molar-refractivity contribution in [2.45, 2.75) is 24.2 Å². The van der Waals surface area contributed by atoms with E-state index in [9.17, 15) is 18.0 Å². The lowest BCUT2D eigenvalue weighted by atomic mass is 9.77. The Bertz CT molecular complexity index is 1420. The standard InChI is InChI=1S/C24H25ClN2O6S2/c1-32-16-5-3-4-15-12-17(33-20(15)16)22(28)26-9-6-24(7-10-26)8-11-27(14-24)23(29)21-19(25)18(13-34-21)35(2,30)31/h3-5,12-13H,6-11,14H2,1-2H3. The number of methoxy groups -OCH3 is 1. The number of fused-ring (bicyclic) bond motifs is 1. The summed E-state index contributed by atoms with van der Waals surface area (Å²) in [7, 11) is -1.93. The van der Waals surface area contributed by atoms with Crippen LogP contribution in [0.3, 0.4) is 0 Å². The Morgan fingerprint density at radius 3 is 2.43 bits per heavy atom. The highest BCUT2D eigenvalue weighted by Gasteiger charge is 2.44. The van der Waals surface area contributed by atoms with Crippen molar-refractivity contribution in [2.75, 3.05) is 39.5 Å². The molecular formula is C24H25ClN2O6S2. The average Bonchev–Trinajstić information content (AvgIpc) is 3.55. The molecule has 2 saturated heterocycles. The highest BCUT2D eigenvalue weighted by atomic mass is 35.5. The molecule has 0 N–H and O–H groups in total. The minimum atomic E-state index is -3.49. The van der Waals surface area contributed by atoms with E-state index >= 15 is 0 Å². The van der Waals surface area contributed by atoms with Crippen LogP contribution in [0, 0.1) is 5.41 Å². The molecule has 0 aliphatic carbocycles. The molecule has 4 heterocycles. The molecule has 5 rings (SSSR count). The summed E-state index contributed by atoms with van der Waals surface area (Å²) in [6.45, 7) is 2.30. The van der Waals surface area contributed by atoms with E-state index in [-0.39, 0.29) is 37.8 Å². The predicted octanol–water partition coefficient (Wildman–Crippen LogP) is 4.33. The zero-order valence-corrected chi connectivity index (χ0v) is 21.8. The van der Waals surface area contributed by atoms with Gasteiger partial charge in [-0.15, -0.1) is 11.3 Å². The number of piperidine rings is 1. The van der Waals surface area contributed by atoms with Gasteiger partial charge in [-0.2, -0.15) is 0 Å². The summed E-state index contributed by atoms with van der Waals surface area (Å²) in [4.78, 5) is 30.0. The number of hydrogen-bond donors (Lipinski definition) is 0. The van der Waals surface area contributed by atoms with Gasteiger partial charge in [0.25, 0.3) is 11.8 Å². The number of para-hydroxylation sites is 1. The average molecular weight is 537 g/mol. The second-order valence-electron chi connectivity index (χ2n) is 9.27. The maximum atomic E-state index is 13.1. The Hall–Kier alpha value is -2.56. The summed E-state index contributed by atoms with van der Waals surface area (Å²) in [5, 5.41) is 2.25. The number of halogens is 1. The van der Waals surface area contributed by atoms with Crippen LogP contribution < -0.4 is 4.74 Å². The Morgan fingerprint density at radius 2 is 1.80 bits per heavy atom. The minimum Gasteiger partial charge on any atom is -0.493 e. The molecule has 2 aliphatic heterocycles. The molecule has 35 heavy (non-hydrogen) atoms. The van der Waals surface area contributed by atoms with Gasteiger partial charge in [-0.25, -0.2) is 8.42 Å². The molecule has 1 spiro atoms. The monoisotopic (exact) mass is 536 g/mol. The first-order valence-electron chi connectivity index (χ1n) is 11.2. The largest absolute Gasteiger partial charge is 0.493 e. The first-order chi connectivity index (χ1) is 16.6. The molecular weight excluding hydrogens is 512 g/mol. The van der Waals surface area contributed by atoms with Crippen LogP contribution in [0.25, 0.3) is 11.0 Å². The lowest BCUT2D eigenvalue weighted by Gasteiger charge is -2.38. The Labute approximate surface area is 212 Å². The van der Waals surface area contributed by atoms with Gasteiger partial charge >= 0.3 is 0 Å². The molecule has 2 aliphatic rings. The molecule has 0 radical (unpaired) electrons. The molecule has 0 atom stereocenters. The first-order valence-corrected chi connectivity index (χ1v) is 14.4. The van der Waals surface area contributed by atoms with Crippen LogP contribution in [-0.4, -0.2) is 69.6 Å². The SMILES string of the molecule is COc1cccc2cc(C(=O)N3CCC4(CC3)CCN(C(=O)c3scc(S(C)(=O)=O)c3Cl)C4)oc12. The minimum absolute atomic E-state index is 0.00328. The fourth-order valence-corrected chi connectivity index (χ4v) is 7.90. The number of furan rings is 1. The van der Waals surface area contributed by atoms with Gasteiger partial charge in [-0.05, 0) is 36.8 Å². The van der Waals surface area contributed by atoms with Crippen LogP contribution in [0.15, 0.2) is 39.0 Å². The highest BCUT2D eigenvalue weighted by Crippen LogP contribution is 2.42. The van der Waals surface area contributed by atoms with E-state index in [1.54, 1.807) is 29.0 Å². The van der Waals surface area contributed by atoms with Crippen LogP contribution in [0.5, 0.6) is 5.75 Å². The lowest BCUT2D eigenvalue weighted by molar-refractivity contribution is 0.0542. The van der Waals surface area contributed by atoms with Crippen LogP contribution >= 0.6 is 22.9 Å². The second kappa shape index (κ2) is 8.83. The molecule has 8 nitrogen and oxygen atoms in total. The van der Waals surface area contributed by atoms with Crippen LogP contribution in [0.1, 0.15) is 39.5 Å². The summed E-state index contributed by atoms with van der Waals surface area (Å²) in [6.07, 6.45) is 3.47. The smallest absolute Gasteiger partial charge is 0.289 e. The van der Waals surface area contributed by atoms with E-state index in [0.29, 0.717) is 37.5 Å². The number of carbonyl (C=O) groups is 2. The number of ether oxygens (including phenoxy) is 1. The normalized spacial score (nSPS) is 17.9. The summed E-state index contributed by atoms with van der Waals surface area (Å²) in [5.41, 5.74) is 0.496. The molecule has 0 saturated carbocycles. The molecule has 2 amide bonds. The first kappa shape index (κ1) is 24.1. The Kier molecular flexibility index (Phi) is 6.09. The molecule has 2 aromatic heterocycles. The number of sulfone groups is 1. The summed E-state index contributed by atoms with van der Waals surface area (Å²) >= 11 is 7.31. The number of hydrogen-bond acceptors (Lipinski definition) is 7. The topological polar surface area (TPSA) is 97.1 Å². The summed E-state index contributed by atoms with van der Waals surface area (Å²) in [6, 6.07) is 7.28. The van der Waals surface area contributed by atoms with E-state index < -0.39 is 9.84 Å². The number of thiophene rings is 1. The van der Waals surface area contributed by atoms with Gasteiger partial charge in [-0.1, -0.05) is 23.7 Å². The number of benzene rings is 1. The van der Waals surface area contributed by atoms with Gasteiger partial charge in [0.15, 0.2) is 26.9 Å². The third-order valence-corrected chi connectivity index (χ3v) is 9.92. The number of nitrogens with zero attached hydrogens (tertiary/aromatic N) is 2. The molecule has 0 unspecified atom stereocenters. The Balaban J connectivity index is 1.25. The van der Waals surface area contributed by atoms with Crippen molar-refractivity contribution in [2.24, 2.45) is 5.41 Å². The molecule has 11 heteroatoms. The van der Waals surface area contributed by atoms with Crippen molar-refractivity contribution < 1.29 is 27.2 Å². The van der Waals surface area contributed by atoms with Crippen LogP contribution in [0.2, 0.25) is 5.02 Å². The van der Waals surface area contributed by atoms with Gasteiger partial charge in [-0.3, -0.25) is 9.59 Å². The van der Waals surface area contributed by atoms with Crippen molar-refractivity contribution in [1.29, 1.82) is 0 Å². The zero-order valence-electron chi connectivity index (χ0n) is 19.4. The van der Waals surface area contributed by atoms with Gasteiger partial charge in [0.05, 0.1) is 17.0 Å². The fourth-order valence-electron chi connectivity index (χ4n) is 5.02. The highest BCUT2D eigenvalue weighted by molar-refractivity contribution is 7.91. The molecule has 186 valence electrons. The number of likely N-dealkylation sites (tertiary alicyclic amines) is 2. The van der Waals surface area contributed by atoms with E-state index in [2.05, 4.69) is 0 Å². The van der Waals surface area contributed by atoms with Gasteiger partial charge in [0.2, 0.25) is 0 Å². The lowest BCUT2D eigenvalue weighted by Crippen LogP contribution is -2.44. The summed E-state index contributed by atoms with van der Waals surface area (Å²) < 4.78 is 34.9. The number of amides is 2. The predicted molar refractivity (Wildman–Crippen MR) is 133 cm³/mol. The van der Waals surface area contributed by atoms with Crippen molar-refractivity contribution >= 4 is 55.6 Å². The van der Waals surface area contributed by atoms with Crippen molar-refractivity contribution in [1.82, 2.24) is 9.80 Å². The van der Waals surface area contributed by atoms with E-state index in [1.165, 1.54) is 5.38 Å². The quantitative estimate of drug-likeness (QED) is 0.492. The third kappa shape index (κ3) is 4.32. The van der Waals surface area contributed by atoms with Crippen LogP contribution in [0.4, 0.5) is 0 Å².